The summed E-state index contributed by atoms with van der Waals surface area (Å²) in [6.45, 7) is 3.86. The zero-order chi connectivity index (χ0) is 15.6. The van der Waals surface area contributed by atoms with Crippen molar-refractivity contribution in [2.75, 3.05) is 16.8 Å². The Morgan fingerprint density at radius 2 is 1.86 bits per heavy atom. The van der Waals surface area contributed by atoms with E-state index in [2.05, 4.69) is 10.6 Å². The third-order valence-electron chi connectivity index (χ3n) is 3.54. The molecular weight excluding hydrogens is 292 g/mol. The Labute approximate surface area is 123 Å². The van der Waals surface area contributed by atoms with E-state index in [1.165, 1.54) is 0 Å². The highest BCUT2D eigenvalue weighted by atomic mass is 32.2. The minimum absolute atomic E-state index is 0.0523. The first-order valence-electron chi connectivity index (χ1n) is 6.66. The number of rotatable bonds is 2. The van der Waals surface area contributed by atoms with Crippen molar-refractivity contribution >= 4 is 27.3 Å². The van der Waals surface area contributed by atoms with Crippen LogP contribution >= 0.6 is 0 Å². The maximum absolute atomic E-state index is 11.8. The number of amides is 2. The van der Waals surface area contributed by atoms with Crippen molar-refractivity contribution in [2.24, 2.45) is 0 Å². The highest BCUT2D eigenvalue weighted by molar-refractivity contribution is 7.91. The van der Waals surface area contributed by atoms with Crippen molar-refractivity contribution in [3.63, 3.8) is 0 Å². The van der Waals surface area contributed by atoms with Crippen LogP contribution < -0.4 is 10.6 Å². The molecule has 1 saturated heterocycles. The summed E-state index contributed by atoms with van der Waals surface area (Å²) in [5, 5.41) is 4.95. The number of nitrogens with one attached hydrogen (secondary N) is 2. The molecule has 21 heavy (non-hydrogen) atoms. The Morgan fingerprint density at radius 1 is 1.14 bits per heavy atom. The normalized spacial score (nSPS) is 20.0. The average molecular weight is 310 g/mol. The highest BCUT2D eigenvalue weighted by Gasteiger charge is 2.30. The number of anilines is 1. The highest BCUT2D eigenvalue weighted by Crippen LogP contribution is 2.14. The SMILES string of the molecule is Cc1ccc(NC(=O)C(=O)NC2CCS(=O)(=O)C2)cc1C. The van der Waals surface area contributed by atoms with Gasteiger partial charge < -0.3 is 10.6 Å². The van der Waals surface area contributed by atoms with E-state index >= 15 is 0 Å². The number of benzene rings is 1. The summed E-state index contributed by atoms with van der Waals surface area (Å²) >= 11 is 0. The average Bonchev–Trinajstić information content (AvgIpc) is 2.73. The van der Waals surface area contributed by atoms with Crippen molar-refractivity contribution in [1.82, 2.24) is 5.32 Å². The Balaban J connectivity index is 1.94. The smallest absolute Gasteiger partial charge is 0.313 e. The summed E-state index contributed by atoms with van der Waals surface area (Å²) in [5.74, 6) is -1.65. The Kier molecular flexibility index (Phi) is 4.32. The zero-order valence-corrected chi connectivity index (χ0v) is 12.8. The molecule has 6 nitrogen and oxygen atoms in total. The van der Waals surface area contributed by atoms with Crippen LogP contribution in [0, 0.1) is 13.8 Å². The van der Waals surface area contributed by atoms with Crippen LogP contribution in [0.1, 0.15) is 17.5 Å². The molecule has 0 bridgehead atoms. The van der Waals surface area contributed by atoms with E-state index in [0.29, 0.717) is 12.1 Å². The first-order chi connectivity index (χ1) is 9.77. The van der Waals surface area contributed by atoms with Gasteiger partial charge in [0.15, 0.2) is 9.84 Å². The second kappa shape index (κ2) is 5.85. The fraction of sp³-hybridized carbons (Fsp3) is 0.429. The summed E-state index contributed by atoms with van der Waals surface area (Å²) in [6.07, 6.45) is 0.352. The predicted octanol–water partition coefficient (Wildman–Crippen LogP) is 0.545. The minimum atomic E-state index is -3.08. The molecule has 1 fully saturated rings. The number of sulfone groups is 1. The van der Waals surface area contributed by atoms with Crippen molar-refractivity contribution < 1.29 is 18.0 Å². The molecule has 1 heterocycles. The lowest BCUT2D eigenvalue weighted by Crippen LogP contribution is -2.42. The fourth-order valence-electron chi connectivity index (χ4n) is 2.17. The molecule has 1 aliphatic heterocycles. The van der Waals surface area contributed by atoms with Crippen molar-refractivity contribution in [3.8, 4) is 0 Å². The standard InChI is InChI=1S/C14H18N2O4S/c1-9-3-4-11(7-10(9)2)15-13(17)14(18)16-12-5-6-21(19,20)8-12/h3-4,7,12H,5-6,8H2,1-2H3,(H,15,17)(H,16,18). The minimum Gasteiger partial charge on any atom is -0.344 e. The lowest BCUT2D eigenvalue weighted by atomic mass is 10.1. The van der Waals surface area contributed by atoms with Crippen LogP contribution in [0.25, 0.3) is 0 Å². The molecule has 2 N–H and O–H groups in total. The maximum Gasteiger partial charge on any atom is 0.313 e. The summed E-state index contributed by atoms with van der Waals surface area (Å²) in [4.78, 5) is 23.5. The van der Waals surface area contributed by atoms with Crippen molar-refractivity contribution in [1.29, 1.82) is 0 Å². The lowest BCUT2D eigenvalue weighted by molar-refractivity contribution is -0.136. The molecule has 1 aromatic carbocycles. The molecule has 1 atom stereocenters. The van der Waals surface area contributed by atoms with Gasteiger partial charge in [0.25, 0.3) is 0 Å². The molecule has 0 saturated carbocycles. The molecule has 114 valence electrons. The van der Waals surface area contributed by atoms with Gasteiger partial charge in [0.1, 0.15) is 0 Å². The molecular formula is C14H18N2O4S. The first-order valence-corrected chi connectivity index (χ1v) is 8.48. The number of hydrogen-bond donors (Lipinski definition) is 2. The number of carbonyl (C=O) groups excluding carboxylic acids is 2. The molecule has 0 radical (unpaired) electrons. The van der Waals surface area contributed by atoms with Gasteiger partial charge in [-0.3, -0.25) is 9.59 Å². The van der Waals surface area contributed by atoms with E-state index in [1.807, 2.05) is 19.9 Å². The molecule has 2 rings (SSSR count). The molecule has 1 aliphatic rings. The van der Waals surface area contributed by atoms with Crippen LogP contribution in [-0.2, 0) is 19.4 Å². The zero-order valence-electron chi connectivity index (χ0n) is 12.0. The second-order valence-electron chi connectivity index (χ2n) is 5.33. The number of hydrogen-bond acceptors (Lipinski definition) is 4. The predicted molar refractivity (Wildman–Crippen MR) is 79.7 cm³/mol. The van der Waals surface area contributed by atoms with Gasteiger partial charge >= 0.3 is 11.8 Å². The number of carbonyl (C=O) groups is 2. The molecule has 1 unspecified atom stereocenters. The summed E-state index contributed by atoms with van der Waals surface area (Å²) in [7, 11) is -3.08. The summed E-state index contributed by atoms with van der Waals surface area (Å²) in [6, 6.07) is 4.87. The third kappa shape index (κ3) is 4.04. The van der Waals surface area contributed by atoms with Crippen LogP contribution in [0.3, 0.4) is 0 Å². The molecule has 1 aromatic rings. The van der Waals surface area contributed by atoms with Gasteiger partial charge in [-0.2, -0.15) is 0 Å². The van der Waals surface area contributed by atoms with Gasteiger partial charge in [0.05, 0.1) is 11.5 Å². The van der Waals surface area contributed by atoms with E-state index in [-0.39, 0.29) is 11.5 Å². The Hall–Kier alpha value is -1.89. The second-order valence-corrected chi connectivity index (χ2v) is 7.56. The van der Waals surface area contributed by atoms with Crippen LogP contribution in [-0.4, -0.2) is 37.8 Å². The molecule has 0 aromatic heterocycles. The molecule has 0 spiro atoms. The van der Waals surface area contributed by atoms with Crippen LogP contribution in [0.2, 0.25) is 0 Å². The van der Waals surface area contributed by atoms with Crippen LogP contribution in [0.4, 0.5) is 5.69 Å². The van der Waals surface area contributed by atoms with Gasteiger partial charge in [-0.15, -0.1) is 0 Å². The monoisotopic (exact) mass is 310 g/mol. The van der Waals surface area contributed by atoms with Gasteiger partial charge in [0.2, 0.25) is 0 Å². The molecule has 7 heteroatoms. The molecule has 0 aliphatic carbocycles. The van der Waals surface area contributed by atoms with Gasteiger partial charge in [-0.1, -0.05) is 6.07 Å². The largest absolute Gasteiger partial charge is 0.344 e. The number of aryl methyl sites for hydroxylation is 2. The van der Waals surface area contributed by atoms with Gasteiger partial charge in [0, 0.05) is 11.7 Å². The first kappa shape index (κ1) is 15.5. The molecule has 2 amide bonds. The Morgan fingerprint density at radius 3 is 2.43 bits per heavy atom. The third-order valence-corrected chi connectivity index (χ3v) is 5.31. The lowest BCUT2D eigenvalue weighted by Gasteiger charge is -2.11. The van der Waals surface area contributed by atoms with E-state index < -0.39 is 27.7 Å². The van der Waals surface area contributed by atoms with E-state index in [9.17, 15) is 18.0 Å². The maximum atomic E-state index is 11.8. The van der Waals surface area contributed by atoms with Crippen molar-refractivity contribution in [2.45, 2.75) is 26.3 Å². The van der Waals surface area contributed by atoms with E-state index in [1.54, 1.807) is 12.1 Å². The van der Waals surface area contributed by atoms with Gasteiger partial charge in [-0.05, 0) is 43.5 Å². The quantitative estimate of drug-likeness (QED) is 0.780. The van der Waals surface area contributed by atoms with E-state index in [0.717, 1.165) is 11.1 Å². The van der Waals surface area contributed by atoms with E-state index in [4.69, 9.17) is 0 Å². The topological polar surface area (TPSA) is 92.3 Å². The van der Waals surface area contributed by atoms with Crippen LogP contribution in [0.15, 0.2) is 18.2 Å². The van der Waals surface area contributed by atoms with Crippen LogP contribution in [0.5, 0.6) is 0 Å². The summed E-state index contributed by atoms with van der Waals surface area (Å²) < 4.78 is 22.6. The summed E-state index contributed by atoms with van der Waals surface area (Å²) in [5.41, 5.74) is 2.64. The van der Waals surface area contributed by atoms with Crippen molar-refractivity contribution in [3.05, 3.63) is 29.3 Å². The fourth-order valence-corrected chi connectivity index (χ4v) is 3.84. The van der Waals surface area contributed by atoms with Gasteiger partial charge in [-0.25, -0.2) is 8.42 Å². The Bertz CT molecular complexity index is 682.